The summed E-state index contributed by atoms with van der Waals surface area (Å²) < 4.78 is 13.6. The highest BCUT2D eigenvalue weighted by atomic mass is 16.6. The van der Waals surface area contributed by atoms with E-state index in [2.05, 4.69) is 24.3 Å². The number of nitro groups is 1. The first-order chi connectivity index (χ1) is 18.6. The van der Waals surface area contributed by atoms with E-state index in [-0.39, 0.29) is 10.6 Å². The minimum Gasteiger partial charge on any atom is -0.473 e. The number of hydrogen-bond acceptors (Lipinski definition) is 4. The smallest absolute Gasteiger partial charge is 0.270 e. The molecule has 0 bridgehead atoms. The van der Waals surface area contributed by atoms with E-state index < -0.39 is 5.60 Å². The SMILES string of the molecule is O=[N+]([O-])c1ccc2c3c(ccc2c1)OC1(C=C3)C(c2ccccc2)=C(c2ccccc2)Oc2ccccc21. The quantitative estimate of drug-likeness (QED) is 0.188. The second-order valence-electron chi connectivity index (χ2n) is 9.35. The molecule has 2 heterocycles. The fraction of sp³-hybridized carbons (Fsp3) is 0.0303. The van der Waals surface area contributed by atoms with Crippen molar-refractivity contribution in [3.63, 3.8) is 0 Å². The second-order valence-corrected chi connectivity index (χ2v) is 9.35. The van der Waals surface area contributed by atoms with Crippen LogP contribution < -0.4 is 9.47 Å². The molecule has 182 valence electrons. The van der Waals surface area contributed by atoms with E-state index in [4.69, 9.17) is 9.47 Å². The van der Waals surface area contributed by atoms with Gasteiger partial charge >= 0.3 is 0 Å². The fourth-order valence-corrected chi connectivity index (χ4v) is 5.45. The summed E-state index contributed by atoms with van der Waals surface area (Å²) in [7, 11) is 0. The minimum absolute atomic E-state index is 0.0646. The number of para-hydroxylation sites is 1. The van der Waals surface area contributed by atoms with Crippen LogP contribution in [0.15, 0.2) is 121 Å². The summed E-state index contributed by atoms with van der Waals surface area (Å²) in [6.07, 6.45) is 4.16. The van der Waals surface area contributed by atoms with Crippen LogP contribution in [0.5, 0.6) is 11.5 Å². The monoisotopic (exact) mass is 495 g/mol. The first kappa shape index (κ1) is 22.1. The van der Waals surface area contributed by atoms with Gasteiger partial charge in [-0.25, -0.2) is 0 Å². The van der Waals surface area contributed by atoms with E-state index in [1.54, 1.807) is 12.1 Å². The summed E-state index contributed by atoms with van der Waals surface area (Å²) in [5.74, 6) is 2.17. The second kappa shape index (κ2) is 8.46. The van der Waals surface area contributed by atoms with Crippen molar-refractivity contribution in [2.75, 3.05) is 0 Å². The summed E-state index contributed by atoms with van der Waals surface area (Å²) in [5.41, 5.74) is 3.76. The lowest BCUT2D eigenvalue weighted by atomic mass is 9.76. The van der Waals surface area contributed by atoms with Crippen LogP contribution in [-0.4, -0.2) is 4.92 Å². The van der Waals surface area contributed by atoms with Gasteiger partial charge in [0.15, 0.2) is 5.60 Å². The molecule has 0 fully saturated rings. The highest BCUT2D eigenvalue weighted by molar-refractivity contribution is 6.00. The number of non-ortho nitro benzene ring substituents is 1. The van der Waals surface area contributed by atoms with Gasteiger partial charge in [-0.2, -0.15) is 0 Å². The number of ether oxygens (including phenoxy) is 2. The maximum Gasteiger partial charge on any atom is 0.270 e. The van der Waals surface area contributed by atoms with E-state index in [0.29, 0.717) is 5.75 Å². The lowest BCUT2D eigenvalue weighted by Crippen LogP contribution is -2.38. The minimum atomic E-state index is -0.956. The third-order valence-electron chi connectivity index (χ3n) is 7.17. The highest BCUT2D eigenvalue weighted by Crippen LogP contribution is 2.55. The van der Waals surface area contributed by atoms with Crippen molar-refractivity contribution < 1.29 is 14.4 Å². The number of nitrogens with zero attached hydrogens (tertiary/aromatic N) is 1. The molecule has 1 atom stereocenters. The number of fused-ring (bicyclic) bond motifs is 5. The molecule has 5 heteroatoms. The van der Waals surface area contributed by atoms with Gasteiger partial charge in [-0.05, 0) is 46.7 Å². The molecule has 7 rings (SSSR count). The third-order valence-corrected chi connectivity index (χ3v) is 7.17. The Kier molecular flexibility index (Phi) is 4.91. The predicted octanol–water partition coefficient (Wildman–Crippen LogP) is 8.01. The first-order valence-corrected chi connectivity index (χ1v) is 12.4. The standard InChI is InChI=1S/C33H21NO4/c35-34(36)25-16-17-26-24(21-25)15-18-29-27(26)19-20-33(38-29)28-13-7-8-14-30(28)37-32(23-11-5-2-6-12-23)31(33)22-9-3-1-4-10-22/h1-21H. The number of rotatable bonds is 3. The Morgan fingerprint density at radius 3 is 2.18 bits per heavy atom. The van der Waals surface area contributed by atoms with Crippen LogP contribution >= 0.6 is 0 Å². The number of benzene rings is 5. The van der Waals surface area contributed by atoms with Crippen molar-refractivity contribution in [3.05, 3.63) is 154 Å². The van der Waals surface area contributed by atoms with Crippen molar-refractivity contribution >= 4 is 33.9 Å². The summed E-state index contributed by atoms with van der Waals surface area (Å²) >= 11 is 0. The Bertz CT molecular complexity index is 1790. The van der Waals surface area contributed by atoms with Crippen molar-refractivity contribution in [2.24, 2.45) is 0 Å². The Hall–Kier alpha value is -5.16. The molecule has 38 heavy (non-hydrogen) atoms. The van der Waals surface area contributed by atoms with E-state index in [0.717, 1.165) is 50.1 Å². The summed E-state index contributed by atoms with van der Waals surface area (Å²) in [4.78, 5) is 10.9. The zero-order valence-electron chi connectivity index (χ0n) is 20.2. The van der Waals surface area contributed by atoms with Gasteiger partial charge in [-0.1, -0.05) is 84.9 Å². The molecule has 1 spiro atoms. The van der Waals surface area contributed by atoms with Crippen molar-refractivity contribution in [2.45, 2.75) is 5.60 Å². The van der Waals surface area contributed by atoms with E-state index >= 15 is 0 Å². The van der Waals surface area contributed by atoms with Crippen LogP contribution in [0.2, 0.25) is 0 Å². The lowest BCUT2D eigenvalue weighted by molar-refractivity contribution is -0.384. The summed E-state index contributed by atoms with van der Waals surface area (Å²) in [6.45, 7) is 0. The molecule has 2 aliphatic heterocycles. The average molecular weight is 496 g/mol. The van der Waals surface area contributed by atoms with Crippen LogP contribution in [0.3, 0.4) is 0 Å². The molecule has 5 nitrogen and oxygen atoms in total. The molecular formula is C33H21NO4. The molecule has 0 radical (unpaired) electrons. The molecule has 0 N–H and O–H groups in total. The Morgan fingerprint density at radius 1 is 0.711 bits per heavy atom. The van der Waals surface area contributed by atoms with Gasteiger partial charge in [-0.15, -0.1) is 0 Å². The van der Waals surface area contributed by atoms with Crippen LogP contribution in [0.25, 0.3) is 28.2 Å². The molecule has 0 saturated heterocycles. The zero-order chi connectivity index (χ0) is 25.7. The Balaban J connectivity index is 1.51. The van der Waals surface area contributed by atoms with Gasteiger partial charge in [0, 0.05) is 28.8 Å². The van der Waals surface area contributed by atoms with E-state index in [9.17, 15) is 10.1 Å². The number of hydrogen-bond donors (Lipinski definition) is 0. The van der Waals surface area contributed by atoms with Gasteiger partial charge in [0.25, 0.3) is 5.69 Å². The van der Waals surface area contributed by atoms with Crippen LogP contribution in [-0.2, 0) is 5.60 Å². The zero-order valence-corrected chi connectivity index (χ0v) is 20.2. The lowest BCUT2D eigenvalue weighted by Gasteiger charge is -2.42. The summed E-state index contributed by atoms with van der Waals surface area (Å²) in [6, 6.07) is 36.9. The molecule has 0 aromatic heterocycles. The Morgan fingerprint density at radius 2 is 1.42 bits per heavy atom. The molecule has 0 saturated carbocycles. The number of nitro benzene ring substituents is 1. The van der Waals surface area contributed by atoms with E-state index in [1.807, 2.05) is 84.9 Å². The molecule has 0 amide bonds. The van der Waals surface area contributed by atoms with Gasteiger partial charge in [0.2, 0.25) is 0 Å². The maximum absolute atomic E-state index is 11.3. The van der Waals surface area contributed by atoms with Gasteiger partial charge in [0.05, 0.1) is 10.5 Å². The van der Waals surface area contributed by atoms with E-state index in [1.165, 1.54) is 6.07 Å². The summed E-state index contributed by atoms with van der Waals surface area (Å²) in [5, 5.41) is 13.0. The molecule has 1 unspecified atom stereocenters. The molecular weight excluding hydrogens is 474 g/mol. The first-order valence-electron chi connectivity index (χ1n) is 12.4. The van der Waals surface area contributed by atoms with Crippen molar-refractivity contribution in [1.82, 2.24) is 0 Å². The van der Waals surface area contributed by atoms with Crippen LogP contribution in [0.4, 0.5) is 5.69 Å². The third kappa shape index (κ3) is 3.33. The van der Waals surface area contributed by atoms with Crippen molar-refractivity contribution in [3.8, 4) is 11.5 Å². The topological polar surface area (TPSA) is 61.6 Å². The Labute approximate surface area is 219 Å². The normalized spacial score (nSPS) is 17.5. The maximum atomic E-state index is 11.3. The van der Waals surface area contributed by atoms with Crippen molar-refractivity contribution in [1.29, 1.82) is 0 Å². The largest absolute Gasteiger partial charge is 0.473 e. The molecule has 5 aromatic rings. The highest BCUT2D eigenvalue weighted by Gasteiger charge is 2.47. The fourth-order valence-electron chi connectivity index (χ4n) is 5.45. The van der Waals surface area contributed by atoms with Crippen LogP contribution in [0, 0.1) is 10.1 Å². The molecule has 2 aliphatic rings. The molecule has 0 aliphatic carbocycles. The van der Waals surface area contributed by atoms with Gasteiger partial charge in [-0.3, -0.25) is 10.1 Å². The van der Waals surface area contributed by atoms with Gasteiger partial charge in [0.1, 0.15) is 17.3 Å². The van der Waals surface area contributed by atoms with Crippen LogP contribution in [0.1, 0.15) is 22.3 Å². The average Bonchev–Trinajstić information content (AvgIpc) is 2.97. The molecule has 5 aromatic carbocycles. The van der Waals surface area contributed by atoms with Gasteiger partial charge < -0.3 is 9.47 Å². The predicted molar refractivity (Wildman–Crippen MR) is 149 cm³/mol.